The molecule has 3 aromatic rings. The molecule has 3 N–H and O–H groups in total. The number of nitriles is 1. The smallest absolute Gasteiger partial charge is 0.254 e. The van der Waals surface area contributed by atoms with Crippen LogP contribution in [-0.4, -0.2) is 24.2 Å². The van der Waals surface area contributed by atoms with Crippen LogP contribution in [0, 0.1) is 11.3 Å². The summed E-state index contributed by atoms with van der Waals surface area (Å²) in [6.45, 7) is 4.29. The van der Waals surface area contributed by atoms with Crippen LogP contribution in [0.3, 0.4) is 0 Å². The average molecular weight is 525 g/mol. The quantitative estimate of drug-likeness (QED) is 0.327. The summed E-state index contributed by atoms with van der Waals surface area (Å²) in [5.74, 6) is -0.267. The Balaban J connectivity index is 1.55. The summed E-state index contributed by atoms with van der Waals surface area (Å²) in [7, 11) is 0. The Hall–Kier alpha value is -4.48. The zero-order valence-corrected chi connectivity index (χ0v) is 22.0. The van der Waals surface area contributed by atoms with Crippen LogP contribution in [0.25, 0.3) is 0 Å². The van der Waals surface area contributed by atoms with Crippen molar-refractivity contribution in [3.05, 3.63) is 112 Å². The van der Waals surface area contributed by atoms with Crippen molar-refractivity contribution >= 4 is 35.0 Å². The topological polar surface area (TPSA) is 103 Å². The number of hydrogen-bond donors (Lipinski definition) is 3. The van der Waals surface area contributed by atoms with E-state index < -0.39 is 5.92 Å². The van der Waals surface area contributed by atoms with Crippen molar-refractivity contribution in [1.29, 1.82) is 5.26 Å². The first-order valence-electron chi connectivity index (χ1n) is 12.2. The summed E-state index contributed by atoms with van der Waals surface area (Å²) in [5.41, 5.74) is 3.61. The van der Waals surface area contributed by atoms with Gasteiger partial charge in [0.2, 0.25) is 5.91 Å². The zero-order valence-electron chi connectivity index (χ0n) is 21.2. The molecule has 1 aliphatic rings. The van der Waals surface area contributed by atoms with Gasteiger partial charge in [0.25, 0.3) is 5.91 Å². The molecule has 192 valence electrons. The summed E-state index contributed by atoms with van der Waals surface area (Å²) in [6.07, 6.45) is 0. The van der Waals surface area contributed by atoms with E-state index in [2.05, 4.69) is 22.0 Å². The Morgan fingerprint density at radius 1 is 0.947 bits per heavy atom. The number of thioether (sulfide) groups is 1. The second kappa shape index (κ2) is 12.7. The Morgan fingerprint density at radius 2 is 1.58 bits per heavy atom. The molecule has 38 heavy (non-hydrogen) atoms. The highest BCUT2D eigenvalue weighted by Gasteiger charge is 2.34. The second-order valence-corrected chi connectivity index (χ2v) is 9.46. The molecule has 1 aliphatic heterocycles. The fourth-order valence-corrected chi connectivity index (χ4v) is 5.05. The monoisotopic (exact) mass is 524 g/mol. The van der Waals surface area contributed by atoms with E-state index in [0.717, 1.165) is 11.3 Å². The summed E-state index contributed by atoms with van der Waals surface area (Å²) in [5, 5.41) is 19.8. The first-order chi connectivity index (χ1) is 18.5. The number of nitrogens with zero attached hydrogens (tertiary/aromatic N) is 1. The summed E-state index contributed by atoms with van der Waals surface area (Å²) in [4.78, 5) is 26.1. The summed E-state index contributed by atoms with van der Waals surface area (Å²) >= 11 is 1.23. The molecule has 1 atom stereocenters. The molecule has 2 amide bonds. The normalized spacial score (nSPS) is 14.8. The van der Waals surface area contributed by atoms with Crippen molar-refractivity contribution in [3.63, 3.8) is 0 Å². The van der Waals surface area contributed by atoms with Crippen molar-refractivity contribution in [2.24, 2.45) is 0 Å². The first-order valence-corrected chi connectivity index (χ1v) is 13.2. The molecule has 0 radical (unpaired) electrons. The molecule has 0 saturated heterocycles. The molecule has 7 nitrogen and oxygen atoms in total. The zero-order chi connectivity index (χ0) is 26.9. The largest absolute Gasteiger partial charge is 0.494 e. The van der Waals surface area contributed by atoms with E-state index >= 15 is 0 Å². The fourth-order valence-electron chi connectivity index (χ4n) is 4.16. The molecule has 0 spiro atoms. The number of allylic oxidation sites excluding steroid dienone is 2. The fraction of sp³-hybridized carbons (Fsp3) is 0.167. The third kappa shape index (κ3) is 6.44. The van der Waals surface area contributed by atoms with Gasteiger partial charge in [0.05, 0.1) is 34.9 Å². The number of amides is 2. The van der Waals surface area contributed by atoms with E-state index in [1.54, 1.807) is 24.3 Å². The lowest BCUT2D eigenvalue weighted by atomic mass is 9.82. The van der Waals surface area contributed by atoms with Crippen LogP contribution in [0.15, 0.2) is 107 Å². The Morgan fingerprint density at radius 3 is 2.21 bits per heavy atom. The van der Waals surface area contributed by atoms with Gasteiger partial charge in [0.15, 0.2) is 0 Å². The van der Waals surface area contributed by atoms with E-state index in [9.17, 15) is 14.9 Å². The number of dihydropyridines is 1. The minimum atomic E-state index is -0.581. The van der Waals surface area contributed by atoms with Crippen molar-refractivity contribution in [2.75, 3.05) is 23.0 Å². The van der Waals surface area contributed by atoms with Gasteiger partial charge in [-0.15, -0.1) is 0 Å². The lowest BCUT2D eigenvalue weighted by Crippen LogP contribution is -2.31. The van der Waals surface area contributed by atoms with Gasteiger partial charge in [-0.3, -0.25) is 9.59 Å². The van der Waals surface area contributed by atoms with Crippen LogP contribution in [-0.2, 0) is 9.59 Å². The van der Waals surface area contributed by atoms with Crippen LogP contribution in [0.1, 0.15) is 25.3 Å². The molecule has 0 aromatic heterocycles. The lowest BCUT2D eigenvalue weighted by Gasteiger charge is -2.29. The second-order valence-electron chi connectivity index (χ2n) is 8.48. The van der Waals surface area contributed by atoms with Gasteiger partial charge in [-0.1, -0.05) is 60.3 Å². The van der Waals surface area contributed by atoms with Crippen molar-refractivity contribution in [2.45, 2.75) is 19.8 Å². The van der Waals surface area contributed by atoms with Gasteiger partial charge in [0.1, 0.15) is 5.75 Å². The van der Waals surface area contributed by atoms with E-state index in [0.29, 0.717) is 39.9 Å². The van der Waals surface area contributed by atoms with Gasteiger partial charge < -0.3 is 20.7 Å². The number of carbonyl (C=O) groups is 2. The van der Waals surface area contributed by atoms with Gasteiger partial charge in [0, 0.05) is 22.6 Å². The molecular weight excluding hydrogens is 496 g/mol. The van der Waals surface area contributed by atoms with Gasteiger partial charge in [-0.05, 0) is 55.8 Å². The van der Waals surface area contributed by atoms with E-state index in [4.69, 9.17) is 4.74 Å². The van der Waals surface area contributed by atoms with Crippen LogP contribution in [0.2, 0.25) is 0 Å². The van der Waals surface area contributed by atoms with Crippen LogP contribution in [0.5, 0.6) is 5.75 Å². The van der Waals surface area contributed by atoms with Crippen molar-refractivity contribution < 1.29 is 14.3 Å². The maximum absolute atomic E-state index is 13.4. The standard InChI is InChI=1S/C30H28N4O3S/c1-3-37-24-16-14-23(15-17-24)33-26(35)19-38-30-25(18-31)28(21-10-6-4-7-11-21)27(20(2)32-30)29(36)34-22-12-8-5-9-13-22/h4-17,28,32H,3,19H2,1-2H3,(H,33,35)(H,34,36)/t28-/m0/s1. The van der Waals surface area contributed by atoms with Gasteiger partial charge in [-0.2, -0.15) is 5.26 Å². The summed E-state index contributed by atoms with van der Waals surface area (Å²) < 4.78 is 5.44. The molecule has 3 aromatic carbocycles. The highest BCUT2D eigenvalue weighted by atomic mass is 32.2. The molecule has 4 rings (SSSR count). The van der Waals surface area contributed by atoms with E-state index in [-0.39, 0.29) is 17.6 Å². The Labute approximate surface area is 226 Å². The predicted octanol–water partition coefficient (Wildman–Crippen LogP) is 5.79. The maximum atomic E-state index is 13.4. The minimum Gasteiger partial charge on any atom is -0.494 e. The van der Waals surface area contributed by atoms with E-state index in [1.165, 1.54) is 11.8 Å². The molecule has 0 bridgehead atoms. The third-order valence-corrected chi connectivity index (χ3v) is 6.87. The summed E-state index contributed by atoms with van der Waals surface area (Å²) in [6, 6.07) is 28.1. The number of carbonyl (C=O) groups excluding carboxylic acids is 2. The number of rotatable bonds is 9. The Kier molecular flexibility index (Phi) is 8.85. The number of para-hydroxylation sites is 1. The molecule has 0 aliphatic carbocycles. The molecule has 0 unspecified atom stereocenters. The highest BCUT2D eigenvalue weighted by Crippen LogP contribution is 2.41. The molecule has 0 saturated carbocycles. The molecule has 8 heteroatoms. The minimum absolute atomic E-state index is 0.0844. The first kappa shape index (κ1) is 26.6. The van der Waals surface area contributed by atoms with Gasteiger partial charge >= 0.3 is 0 Å². The SMILES string of the molecule is CCOc1ccc(NC(=O)CSC2=C(C#N)[C@H](c3ccccc3)C(C(=O)Nc3ccccc3)=C(C)N2)cc1. The number of nitrogens with one attached hydrogen (secondary N) is 3. The number of anilines is 2. The molecular formula is C30H28N4O3S. The maximum Gasteiger partial charge on any atom is 0.254 e. The molecule has 0 fully saturated rings. The number of benzene rings is 3. The average Bonchev–Trinajstić information content (AvgIpc) is 2.93. The van der Waals surface area contributed by atoms with Crippen LogP contribution < -0.4 is 20.7 Å². The van der Waals surface area contributed by atoms with Crippen molar-refractivity contribution in [3.8, 4) is 11.8 Å². The highest BCUT2D eigenvalue weighted by molar-refractivity contribution is 8.03. The third-order valence-electron chi connectivity index (χ3n) is 5.85. The van der Waals surface area contributed by atoms with Crippen LogP contribution >= 0.6 is 11.8 Å². The number of ether oxygens (including phenoxy) is 1. The van der Waals surface area contributed by atoms with E-state index in [1.807, 2.05) is 74.5 Å². The predicted molar refractivity (Wildman–Crippen MR) is 151 cm³/mol. The molecule has 1 heterocycles. The Bertz CT molecular complexity index is 1390. The van der Waals surface area contributed by atoms with Crippen LogP contribution in [0.4, 0.5) is 11.4 Å². The lowest BCUT2D eigenvalue weighted by molar-refractivity contribution is -0.114. The van der Waals surface area contributed by atoms with Gasteiger partial charge in [-0.25, -0.2) is 0 Å². The van der Waals surface area contributed by atoms with Crippen molar-refractivity contribution in [1.82, 2.24) is 5.32 Å². The number of hydrogen-bond acceptors (Lipinski definition) is 6.